The van der Waals surface area contributed by atoms with Gasteiger partial charge >= 0.3 is 6.03 Å². The van der Waals surface area contributed by atoms with Crippen LogP contribution in [0, 0.1) is 0 Å². The topological polar surface area (TPSA) is 55.7 Å². The minimum atomic E-state index is -0.128. The third-order valence-electron chi connectivity index (χ3n) is 5.25. The second-order valence-electron chi connectivity index (χ2n) is 6.67. The Hall–Kier alpha value is -3.15. The van der Waals surface area contributed by atoms with Gasteiger partial charge in [0.05, 0.1) is 19.9 Å². The molecule has 0 aliphatic carbocycles. The van der Waals surface area contributed by atoms with E-state index in [4.69, 9.17) is 9.47 Å². The van der Waals surface area contributed by atoms with E-state index >= 15 is 0 Å². The van der Waals surface area contributed by atoms with Gasteiger partial charge in [-0.25, -0.2) is 4.79 Å². The molecule has 140 valence electrons. The van der Waals surface area contributed by atoms with E-state index in [1.807, 2.05) is 17.0 Å². The summed E-state index contributed by atoms with van der Waals surface area (Å²) in [7, 11) is 5.27. The lowest BCUT2D eigenvalue weighted by Crippen LogP contribution is -2.39. The van der Waals surface area contributed by atoms with Crippen LogP contribution in [0.25, 0.3) is 10.9 Å². The number of hydrogen-bond donors (Lipinski definition) is 1. The van der Waals surface area contributed by atoms with E-state index in [-0.39, 0.29) is 6.03 Å². The molecule has 0 radical (unpaired) electrons. The first-order valence-corrected chi connectivity index (χ1v) is 8.95. The molecule has 1 aliphatic heterocycles. The van der Waals surface area contributed by atoms with E-state index in [9.17, 15) is 4.79 Å². The Bertz CT molecular complexity index is 1010. The Kier molecular flexibility index (Phi) is 4.39. The summed E-state index contributed by atoms with van der Waals surface area (Å²) in [6, 6.07) is 13.6. The number of carbonyl (C=O) groups is 1. The molecule has 2 heterocycles. The molecular weight excluding hydrogens is 342 g/mol. The number of aryl methyl sites for hydroxylation is 1. The van der Waals surface area contributed by atoms with Gasteiger partial charge in [-0.3, -0.25) is 0 Å². The van der Waals surface area contributed by atoms with Crippen molar-refractivity contribution < 1.29 is 14.3 Å². The highest BCUT2D eigenvalue weighted by atomic mass is 16.5. The quantitative estimate of drug-likeness (QED) is 0.768. The van der Waals surface area contributed by atoms with Gasteiger partial charge in [0.1, 0.15) is 11.5 Å². The molecule has 0 unspecified atom stereocenters. The molecule has 1 aromatic heterocycles. The Labute approximate surface area is 158 Å². The third-order valence-corrected chi connectivity index (χ3v) is 5.25. The monoisotopic (exact) mass is 365 g/mol. The number of nitrogens with zero attached hydrogens (tertiary/aromatic N) is 2. The number of ether oxygens (including phenoxy) is 2. The van der Waals surface area contributed by atoms with Crippen LogP contribution in [0.1, 0.15) is 11.3 Å². The maximum absolute atomic E-state index is 12.9. The molecule has 0 bridgehead atoms. The maximum atomic E-state index is 12.9. The summed E-state index contributed by atoms with van der Waals surface area (Å²) >= 11 is 0. The number of carbonyl (C=O) groups excluding carboxylic acids is 1. The molecule has 3 aromatic rings. The van der Waals surface area contributed by atoms with Crippen LogP contribution in [0.15, 0.2) is 42.5 Å². The van der Waals surface area contributed by atoms with E-state index < -0.39 is 0 Å². The van der Waals surface area contributed by atoms with Gasteiger partial charge in [-0.15, -0.1) is 0 Å². The number of fused-ring (bicyclic) bond motifs is 3. The summed E-state index contributed by atoms with van der Waals surface area (Å²) < 4.78 is 12.8. The molecule has 0 saturated heterocycles. The zero-order chi connectivity index (χ0) is 19.0. The first kappa shape index (κ1) is 17.3. The van der Waals surface area contributed by atoms with Gasteiger partial charge in [0.25, 0.3) is 0 Å². The van der Waals surface area contributed by atoms with Gasteiger partial charge in [-0.2, -0.15) is 0 Å². The Morgan fingerprint density at radius 3 is 2.70 bits per heavy atom. The number of nitrogens with one attached hydrogen (secondary N) is 1. The van der Waals surface area contributed by atoms with Crippen LogP contribution in [0.4, 0.5) is 10.5 Å². The number of hydrogen-bond acceptors (Lipinski definition) is 3. The van der Waals surface area contributed by atoms with Crippen molar-refractivity contribution in [2.75, 3.05) is 26.1 Å². The highest BCUT2D eigenvalue weighted by molar-refractivity contribution is 5.92. The fraction of sp³-hybridized carbons (Fsp3) is 0.286. The molecular formula is C21H23N3O3. The van der Waals surface area contributed by atoms with E-state index in [1.165, 1.54) is 22.2 Å². The van der Waals surface area contributed by atoms with Crippen molar-refractivity contribution in [1.29, 1.82) is 0 Å². The Morgan fingerprint density at radius 2 is 1.93 bits per heavy atom. The number of para-hydroxylation sites is 1. The molecule has 1 N–H and O–H groups in total. The van der Waals surface area contributed by atoms with Gasteiger partial charge in [0.2, 0.25) is 0 Å². The number of methoxy groups -OCH3 is 2. The SMILES string of the molecule is COc1ccc(NC(=O)N2CCc3c(c4ccccc4n3C)C2)c(OC)c1. The normalized spacial score (nSPS) is 13.4. The maximum Gasteiger partial charge on any atom is 0.322 e. The Morgan fingerprint density at radius 1 is 1.11 bits per heavy atom. The van der Waals surface area contributed by atoms with Crippen molar-refractivity contribution in [2.45, 2.75) is 13.0 Å². The largest absolute Gasteiger partial charge is 0.497 e. The number of anilines is 1. The van der Waals surface area contributed by atoms with Gasteiger partial charge in [0, 0.05) is 54.8 Å². The van der Waals surface area contributed by atoms with E-state index in [0.717, 1.165) is 6.42 Å². The minimum Gasteiger partial charge on any atom is -0.497 e. The lowest BCUT2D eigenvalue weighted by Gasteiger charge is -2.28. The van der Waals surface area contributed by atoms with Crippen LogP contribution >= 0.6 is 0 Å². The third kappa shape index (κ3) is 2.97. The number of amides is 2. The van der Waals surface area contributed by atoms with Crippen LogP contribution in [0.3, 0.4) is 0 Å². The summed E-state index contributed by atoms with van der Waals surface area (Å²) in [5, 5.41) is 4.18. The number of urea groups is 1. The smallest absolute Gasteiger partial charge is 0.322 e. The first-order valence-electron chi connectivity index (χ1n) is 8.95. The van der Waals surface area contributed by atoms with Crippen molar-refractivity contribution >= 4 is 22.6 Å². The van der Waals surface area contributed by atoms with Gasteiger partial charge in [-0.1, -0.05) is 18.2 Å². The Balaban J connectivity index is 1.58. The molecule has 2 amide bonds. The standard InChI is InChI=1S/C21H23N3O3/c1-23-18-7-5-4-6-15(18)16-13-24(11-10-19(16)23)21(25)22-17-9-8-14(26-2)12-20(17)27-3/h4-9,12H,10-11,13H2,1-3H3,(H,22,25). The average Bonchev–Trinajstić information content (AvgIpc) is 3.00. The van der Waals surface area contributed by atoms with Crippen LogP contribution in [-0.2, 0) is 20.0 Å². The molecule has 6 heteroatoms. The van der Waals surface area contributed by atoms with Crippen LogP contribution in [-0.4, -0.2) is 36.3 Å². The number of benzene rings is 2. The summed E-state index contributed by atoms with van der Waals surface area (Å²) in [4.78, 5) is 14.7. The van der Waals surface area contributed by atoms with Crippen LogP contribution in [0.2, 0.25) is 0 Å². The zero-order valence-electron chi connectivity index (χ0n) is 15.8. The second-order valence-corrected chi connectivity index (χ2v) is 6.67. The minimum absolute atomic E-state index is 0.128. The van der Waals surface area contributed by atoms with E-state index in [0.29, 0.717) is 30.3 Å². The van der Waals surface area contributed by atoms with Gasteiger partial charge in [-0.05, 0) is 18.2 Å². The summed E-state index contributed by atoms with van der Waals surface area (Å²) in [5.74, 6) is 1.26. The van der Waals surface area contributed by atoms with Crippen molar-refractivity contribution in [3.05, 3.63) is 53.7 Å². The second kappa shape index (κ2) is 6.87. The highest BCUT2D eigenvalue weighted by Crippen LogP contribution is 2.32. The molecule has 0 fully saturated rings. The lowest BCUT2D eigenvalue weighted by molar-refractivity contribution is 0.206. The summed E-state index contributed by atoms with van der Waals surface area (Å²) in [6.45, 7) is 1.28. The predicted molar refractivity (Wildman–Crippen MR) is 106 cm³/mol. The average molecular weight is 365 g/mol. The van der Waals surface area contributed by atoms with E-state index in [2.05, 4.69) is 29.1 Å². The predicted octanol–water partition coefficient (Wildman–Crippen LogP) is 3.79. The van der Waals surface area contributed by atoms with Gasteiger partial charge < -0.3 is 24.3 Å². The van der Waals surface area contributed by atoms with Crippen molar-refractivity contribution in [2.24, 2.45) is 7.05 Å². The number of aromatic nitrogens is 1. The van der Waals surface area contributed by atoms with Crippen LogP contribution in [0.5, 0.6) is 11.5 Å². The molecule has 2 aromatic carbocycles. The van der Waals surface area contributed by atoms with Crippen LogP contribution < -0.4 is 14.8 Å². The van der Waals surface area contributed by atoms with Crippen molar-refractivity contribution in [3.8, 4) is 11.5 Å². The fourth-order valence-electron chi connectivity index (χ4n) is 3.80. The first-order chi connectivity index (χ1) is 13.1. The molecule has 0 spiro atoms. The van der Waals surface area contributed by atoms with Gasteiger partial charge in [0.15, 0.2) is 0 Å². The molecule has 4 rings (SSSR count). The highest BCUT2D eigenvalue weighted by Gasteiger charge is 2.26. The summed E-state index contributed by atoms with van der Waals surface area (Å²) in [6.07, 6.45) is 0.841. The number of rotatable bonds is 3. The zero-order valence-corrected chi connectivity index (χ0v) is 15.8. The fourth-order valence-corrected chi connectivity index (χ4v) is 3.80. The molecule has 0 saturated carbocycles. The van der Waals surface area contributed by atoms with E-state index in [1.54, 1.807) is 32.4 Å². The van der Waals surface area contributed by atoms with Crippen molar-refractivity contribution in [1.82, 2.24) is 9.47 Å². The summed E-state index contributed by atoms with van der Waals surface area (Å²) in [5.41, 5.74) is 4.38. The lowest BCUT2D eigenvalue weighted by atomic mass is 10.0. The molecule has 27 heavy (non-hydrogen) atoms. The molecule has 6 nitrogen and oxygen atoms in total. The molecule has 0 atom stereocenters. The van der Waals surface area contributed by atoms with Crippen molar-refractivity contribution in [3.63, 3.8) is 0 Å². The molecule has 1 aliphatic rings.